The summed E-state index contributed by atoms with van der Waals surface area (Å²) in [7, 11) is 0. The average Bonchev–Trinajstić information content (AvgIpc) is 3.34. The average molecular weight is 406 g/mol. The molecule has 2 aromatic rings. The van der Waals surface area contributed by atoms with Crippen LogP contribution >= 0.6 is 11.8 Å². The number of hydrogen-bond donors (Lipinski definition) is 1. The predicted octanol–water partition coefficient (Wildman–Crippen LogP) is 3.98. The van der Waals surface area contributed by atoms with Gasteiger partial charge < -0.3 is 9.88 Å². The highest BCUT2D eigenvalue weighted by atomic mass is 32.2. The summed E-state index contributed by atoms with van der Waals surface area (Å²) in [5.41, 5.74) is -0.322. The second-order valence-corrected chi connectivity index (χ2v) is 7.43. The van der Waals surface area contributed by atoms with Gasteiger partial charge in [0, 0.05) is 25.1 Å². The maximum atomic E-state index is 11.2. The first-order valence-corrected chi connectivity index (χ1v) is 10.4. The zero-order valence-corrected chi connectivity index (χ0v) is 16.4. The van der Waals surface area contributed by atoms with Crippen molar-refractivity contribution in [2.45, 2.75) is 49.7 Å². The van der Waals surface area contributed by atoms with Crippen LogP contribution in [0.5, 0.6) is 0 Å². The van der Waals surface area contributed by atoms with Gasteiger partial charge in [-0.25, -0.2) is 0 Å². The van der Waals surface area contributed by atoms with Crippen molar-refractivity contribution in [2.75, 3.05) is 18.1 Å². The number of nitrogens with zero attached hydrogens (tertiary/aromatic N) is 5. The second-order valence-electron chi connectivity index (χ2n) is 6.66. The van der Waals surface area contributed by atoms with Gasteiger partial charge in [-0.15, -0.1) is 10.2 Å². The van der Waals surface area contributed by atoms with E-state index in [1.807, 2.05) is 6.26 Å². The molecule has 1 N–H and O–H groups in total. The van der Waals surface area contributed by atoms with E-state index in [1.54, 1.807) is 11.8 Å². The number of rotatable bonds is 9. The molecule has 11 heteroatoms. The van der Waals surface area contributed by atoms with E-state index in [0.29, 0.717) is 25.4 Å². The molecule has 0 spiro atoms. The van der Waals surface area contributed by atoms with Crippen molar-refractivity contribution in [1.29, 1.82) is 0 Å². The Bertz CT molecular complexity index is 865. The molecule has 0 aliphatic heterocycles. The fourth-order valence-electron chi connectivity index (χ4n) is 3.55. The van der Waals surface area contributed by atoms with Gasteiger partial charge in [-0.2, -0.15) is 0 Å². The SMILES string of the molecule is CSc1nnc(CCCNc2ccc([N+](=O)[O-])cc2[N+](=O)[O-])n1C1CCCC1. The quantitative estimate of drug-likeness (QED) is 0.286. The number of benzene rings is 1. The standard InChI is InChI=1S/C17H22N6O4S/c1-28-17-20-19-16(21(17)12-5-2-3-6-12)7-4-10-18-14-9-8-13(22(24)25)11-15(14)23(26)27/h8-9,11-12,18H,2-7,10H2,1H3. The van der Waals surface area contributed by atoms with Gasteiger partial charge in [-0.05, 0) is 31.6 Å². The topological polar surface area (TPSA) is 129 Å². The van der Waals surface area contributed by atoms with Crippen molar-refractivity contribution >= 4 is 28.8 Å². The summed E-state index contributed by atoms with van der Waals surface area (Å²) >= 11 is 1.59. The van der Waals surface area contributed by atoms with Crippen molar-refractivity contribution < 1.29 is 9.85 Å². The Morgan fingerprint density at radius 1 is 1.21 bits per heavy atom. The van der Waals surface area contributed by atoms with Crippen LogP contribution in [0.15, 0.2) is 23.4 Å². The molecule has 0 saturated heterocycles. The lowest BCUT2D eigenvalue weighted by molar-refractivity contribution is -0.393. The monoisotopic (exact) mass is 406 g/mol. The molecule has 0 atom stereocenters. The summed E-state index contributed by atoms with van der Waals surface area (Å²) in [4.78, 5) is 20.8. The first kappa shape index (κ1) is 20.1. The molecule has 1 saturated carbocycles. The number of nitro groups is 2. The highest BCUT2D eigenvalue weighted by Gasteiger charge is 2.23. The fraction of sp³-hybridized carbons (Fsp3) is 0.529. The molecule has 0 bridgehead atoms. The van der Waals surface area contributed by atoms with Crippen molar-refractivity contribution in [3.63, 3.8) is 0 Å². The number of hydrogen-bond acceptors (Lipinski definition) is 8. The summed E-state index contributed by atoms with van der Waals surface area (Å²) in [6.45, 7) is 0.491. The van der Waals surface area contributed by atoms with E-state index in [-0.39, 0.29) is 17.1 Å². The molecule has 150 valence electrons. The molecule has 1 aromatic carbocycles. The van der Waals surface area contributed by atoms with Gasteiger partial charge in [0.05, 0.1) is 15.9 Å². The number of nitrogens with one attached hydrogen (secondary N) is 1. The highest BCUT2D eigenvalue weighted by molar-refractivity contribution is 7.98. The number of aromatic nitrogens is 3. The predicted molar refractivity (Wildman–Crippen MR) is 106 cm³/mol. The minimum atomic E-state index is -0.643. The minimum Gasteiger partial charge on any atom is -0.379 e. The smallest absolute Gasteiger partial charge is 0.299 e. The van der Waals surface area contributed by atoms with E-state index in [0.717, 1.165) is 29.9 Å². The Morgan fingerprint density at radius 3 is 2.61 bits per heavy atom. The van der Waals surface area contributed by atoms with Crippen LogP contribution in [0.3, 0.4) is 0 Å². The van der Waals surface area contributed by atoms with Gasteiger partial charge in [-0.1, -0.05) is 24.6 Å². The van der Waals surface area contributed by atoms with Crippen LogP contribution in [0.25, 0.3) is 0 Å². The summed E-state index contributed by atoms with van der Waals surface area (Å²) in [5, 5.41) is 34.6. The molecule has 0 unspecified atom stereocenters. The van der Waals surface area contributed by atoms with E-state index in [4.69, 9.17) is 0 Å². The van der Waals surface area contributed by atoms with Crippen molar-refractivity contribution in [3.8, 4) is 0 Å². The molecule has 1 aliphatic rings. The normalized spacial score (nSPS) is 14.3. The Balaban J connectivity index is 1.63. The van der Waals surface area contributed by atoms with E-state index in [1.165, 1.54) is 25.0 Å². The molecule has 10 nitrogen and oxygen atoms in total. The van der Waals surface area contributed by atoms with Crippen LogP contribution < -0.4 is 5.32 Å². The third-order valence-corrected chi connectivity index (χ3v) is 5.53. The number of nitro benzene ring substituents is 2. The summed E-state index contributed by atoms with van der Waals surface area (Å²) in [5.74, 6) is 0.941. The molecule has 1 fully saturated rings. The zero-order chi connectivity index (χ0) is 20.1. The van der Waals surface area contributed by atoms with Crippen LogP contribution in [0.1, 0.15) is 44.0 Å². The van der Waals surface area contributed by atoms with E-state index in [9.17, 15) is 20.2 Å². The number of aryl methyl sites for hydroxylation is 1. The van der Waals surface area contributed by atoms with Gasteiger partial charge in [0.2, 0.25) is 0 Å². The largest absolute Gasteiger partial charge is 0.379 e. The lowest BCUT2D eigenvalue weighted by Gasteiger charge is -2.16. The van der Waals surface area contributed by atoms with Crippen LogP contribution in [0.2, 0.25) is 0 Å². The van der Waals surface area contributed by atoms with Crippen molar-refractivity contribution in [3.05, 3.63) is 44.3 Å². The van der Waals surface area contributed by atoms with Crippen LogP contribution in [0.4, 0.5) is 17.1 Å². The van der Waals surface area contributed by atoms with Gasteiger partial charge in [0.15, 0.2) is 5.16 Å². The third kappa shape index (κ3) is 4.41. The molecular formula is C17H22N6O4S. The molecular weight excluding hydrogens is 384 g/mol. The minimum absolute atomic E-state index is 0.276. The Morgan fingerprint density at radius 2 is 1.96 bits per heavy atom. The number of thioether (sulfide) groups is 1. The van der Waals surface area contributed by atoms with Crippen LogP contribution in [-0.4, -0.2) is 37.4 Å². The molecule has 0 amide bonds. The molecule has 28 heavy (non-hydrogen) atoms. The van der Waals surface area contributed by atoms with Crippen molar-refractivity contribution in [2.24, 2.45) is 0 Å². The molecule has 1 aromatic heterocycles. The van der Waals surface area contributed by atoms with E-state index < -0.39 is 9.85 Å². The van der Waals surface area contributed by atoms with Gasteiger partial charge in [-0.3, -0.25) is 20.2 Å². The van der Waals surface area contributed by atoms with E-state index in [2.05, 4.69) is 20.1 Å². The number of non-ortho nitro benzene ring substituents is 1. The number of anilines is 1. The lowest BCUT2D eigenvalue weighted by Crippen LogP contribution is -2.12. The first-order valence-electron chi connectivity index (χ1n) is 9.15. The summed E-state index contributed by atoms with van der Waals surface area (Å²) < 4.78 is 2.24. The second kappa shape index (κ2) is 9.00. The van der Waals surface area contributed by atoms with Crippen molar-refractivity contribution in [1.82, 2.24) is 14.8 Å². The lowest BCUT2D eigenvalue weighted by atomic mass is 10.2. The zero-order valence-electron chi connectivity index (χ0n) is 15.5. The molecule has 0 radical (unpaired) electrons. The molecule has 3 rings (SSSR count). The maximum absolute atomic E-state index is 11.2. The summed E-state index contributed by atoms with van der Waals surface area (Å²) in [6.07, 6.45) is 8.15. The molecule has 1 aliphatic carbocycles. The maximum Gasteiger partial charge on any atom is 0.299 e. The Labute approximate surface area is 166 Å². The van der Waals surface area contributed by atoms with Gasteiger partial charge >= 0.3 is 0 Å². The van der Waals surface area contributed by atoms with Gasteiger partial charge in [0.25, 0.3) is 11.4 Å². The van der Waals surface area contributed by atoms with Gasteiger partial charge in [0.1, 0.15) is 11.5 Å². The fourth-order valence-corrected chi connectivity index (χ4v) is 4.12. The van der Waals surface area contributed by atoms with Crippen LogP contribution in [0, 0.1) is 20.2 Å². The Kier molecular flexibility index (Phi) is 6.45. The summed E-state index contributed by atoms with van der Waals surface area (Å²) in [6, 6.07) is 4.07. The highest BCUT2D eigenvalue weighted by Crippen LogP contribution is 2.33. The van der Waals surface area contributed by atoms with Crippen LogP contribution in [-0.2, 0) is 6.42 Å². The van der Waals surface area contributed by atoms with E-state index >= 15 is 0 Å². The molecule has 1 heterocycles. The third-order valence-electron chi connectivity index (χ3n) is 4.89. The Hall–Kier alpha value is -2.69. The first-order chi connectivity index (χ1) is 13.5.